The lowest BCUT2D eigenvalue weighted by molar-refractivity contribution is 0.237. The second-order valence-electron chi connectivity index (χ2n) is 4.95. The highest BCUT2D eigenvalue weighted by molar-refractivity contribution is 5.34. The molecule has 0 bridgehead atoms. The lowest BCUT2D eigenvalue weighted by Crippen LogP contribution is -2.20. The van der Waals surface area contributed by atoms with Gasteiger partial charge in [0.05, 0.1) is 6.61 Å². The van der Waals surface area contributed by atoms with Crippen molar-refractivity contribution < 1.29 is 10.2 Å². The summed E-state index contributed by atoms with van der Waals surface area (Å²) in [5, 5.41) is 27.6. The number of aliphatic hydroxyl groups is 1. The maximum Gasteiger partial charge on any atom is 0.138 e. The van der Waals surface area contributed by atoms with Gasteiger partial charge in [-0.25, -0.2) is 0 Å². The van der Waals surface area contributed by atoms with Crippen LogP contribution in [0, 0.1) is 0 Å². The van der Waals surface area contributed by atoms with E-state index in [1.165, 1.54) is 0 Å². The fraction of sp³-hybridized carbons (Fsp3) is 0.429. The second-order valence-corrected chi connectivity index (χ2v) is 4.95. The van der Waals surface area contributed by atoms with Gasteiger partial charge in [0.25, 0.3) is 0 Å². The van der Waals surface area contributed by atoms with Gasteiger partial charge in [0.15, 0.2) is 0 Å². The van der Waals surface area contributed by atoms with Crippen molar-refractivity contribution in [1.29, 1.82) is 0 Å². The van der Waals surface area contributed by atoms with Gasteiger partial charge >= 0.3 is 0 Å². The van der Waals surface area contributed by atoms with E-state index in [1.54, 1.807) is 12.1 Å². The highest BCUT2D eigenvalue weighted by Gasteiger charge is 2.24. The predicted molar refractivity (Wildman–Crippen MR) is 70.0 cm³/mol. The normalized spacial score (nSPS) is 18.3. The van der Waals surface area contributed by atoms with Crippen LogP contribution in [0.25, 0.3) is 0 Å². The summed E-state index contributed by atoms with van der Waals surface area (Å²) in [7, 11) is 0. The summed E-state index contributed by atoms with van der Waals surface area (Å²) >= 11 is 0. The third kappa shape index (κ3) is 2.21. The van der Waals surface area contributed by atoms with Crippen molar-refractivity contribution >= 4 is 0 Å². The summed E-state index contributed by atoms with van der Waals surface area (Å²) in [6.07, 6.45) is 2.56. The number of fused-ring (bicyclic) bond motifs is 1. The SMILES string of the molecule is OCC1CCCn2c(Cc3ccccc3O)nnc21. The van der Waals surface area contributed by atoms with Gasteiger partial charge in [0.2, 0.25) is 0 Å². The third-order valence-electron chi connectivity index (χ3n) is 3.72. The van der Waals surface area contributed by atoms with E-state index in [-0.39, 0.29) is 18.3 Å². The third-order valence-corrected chi connectivity index (χ3v) is 3.72. The van der Waals surface area contributed by atoms with Crippen LogP contribution in [-0.4, -0.2) is 31.6 Å². The summed E-state index contributed by atoms with van der Waals surface area (Å²) in [5.41, 5.74) is 0.851. The summed E-state index contributed by atoms with van der Waals surface area (Å²) < 4.78 is 2.08. The second kappa shape index (κ2) is 5.01. The van der Waals surface area contributed by atoms with Crippen molar-refractivity contribution in [3.8, 4) is 5.75 Å². The summed E-state index contributed by atoms with van der Waals surface area (Å²) in [4.78, 5) is 0. The lowest BCUT2D eigenvalue weighted by Gasteiger charge is -2.21. The van der Waals surface area contributed by atoms with Gasteiger partial charge < -0.3 is 14.8 Å². The summed E-state index contributed by atoms with van der Waals surface area (Å²) in [6, 6.07) is 7.28. The Morgan fingerprint density at radius 2 is 2.11 bits per heavy atom. The maximum absolute atomic E-state index is 9.81. The van der Waals surface area contributed by atoms with E-state index in [9.17, 15) is 10.2 Å². The first kappa shape index (κ1) is 12.2. The van der Waals surface area contributed by atoms with Crippen LogP contribution in [-0.2, 0) is 13.0 Å². The first-order valence-corrected chi connectivity index (χ1v) is 6.59. The minimum absolute atomic E-state index is 0.0966. The molecule has 1 aromatic carbocycles. The molecule has 1 aliphatic rings. The topological polar surface area (TPSA) is 71.2 Å². The Balaban J connectivity index is 1.91. The quantitative estimate of drug-likeness (QED) is 0.875. The standard InChI is InChI=1S/C14H17N3O2/c18-9-11-5-3-7-17-13(15-16-14(11)17)8-10-4-1-2-6-12(10)19/h1-2,4,6,11,18-19H,3,5,7-9H2. The average Bonchev–Trinajstić information content (AvgIpc) is 2.84. The number of aromatic nitrogens is 3. The molecule has 5 nitrogen and oxygen atoms in total. The van der Waals surface area contributed by atoms with Gasteiger partial charge in [-0.2, -0.15) is 0 Å². The van der Waals surface area contributed by atoms with Gasteiger partial charge in [0, 0.05) is 24.4 Å². The van der Waals surface area contributed by atoms with E-state index in [0.29, 0.717) is 6.42 Å². The number of rotatable bonds is 3. The molecule has 1 aliphatic heterocycles. The fourth-order valence-electron chi connectivity index (χ4n) is 2.65. The van der Waals surface area contributed by atoms with Gasteiger partial charge in [-0.05, 0) is 18.9 Å². The number of phenols is 1. The number of hydrogen-bond donors (Lipinski definition) is 2. The average molecular weight is 259 g/mol. The molecule has 1 atom stereocenters. The molecule has 2 aromatic rings. The largest absolute Gasteiger partial charge is 0.508 e. The first-order chi connectivity index (χ1) is 9.29. The minimum atomic E-state index is 0.0966. The van der Waals surface area contributed by atoms with Crippen LogP contribution < -0.4 is 0 Å². The van der Waals surface area contributed by atoms with Crippen molar-refractivity contribution in [3.05, 3.63) is 41.5 Å². The Morgan fingerprint density at radius 1 is 1.26 bits per heavy atom. The molecule has 0 amide bonds. The van der Waals surface area contributed by atoms with Crippen molar-refractivity contribution in [3.63, 3.8) is 0 Å². The van der Waals surface area contributed by atoms with Gasteiger partial charge in [-0.3, -0.25) is 0 Å². The zero-order valence-corrected chi connectivity index (χ0v) is 10.7. The highest BCUT2D eigenvalue weighted by Crippen LogP contribution is 2.27. The molecule has 0 radical (unpaired) electrons. The summed E-state index contributed by atoms with van der Waals surface area (Å²) in [6.45, 7) is 1.01. The molecule has 5 heteroatoms. The van der Waals surface area contributed by atoms with E-state index in [0.717, 1.165) is 36.6 Å². The molecular weight excluding hydrogens is 242 g/mol. The molecule has 19 heavy (non-hydrogen) atoms. The zero-order valence-electron chi connectivity index (χ0n) is 10.7. The lowest BCUT2D eigenvalue weighted by atomic mass is 9.99. The molecule has 0 aliphatic carbocycles. The number of benzene rings is 1. The predicted octanol–water partition coefficient (Wildman–Crippen LogP) is 1.44. The van der Waals surface area contributed by atoms with Crippen LogP contribution in [0.15, 0.2) is 24.3 Å². The van der Waals surface area contributed by atoms with Crippen molar-refractivity contribution in [2.45, 2.75) is 31.7 Å². The molecule has 1 aromatic heterocycles. The van der Waals surface area contributed by atoms with Gasteiger partial charge in [-0.15, -0.1) is 10.2 Å². The van der Waals surface area contributed by atoms with E-state index < -0.39 is 0 Å². The Hall–Kier alpha value is -1.88. The fourth-order valence-corrected chi connectivity index (χ4v) is 2.65. The monoisotopic (exact) mass is 259 g/mol. The maximum atomic E-state index is 9.81. The van der Waals surface area contributed by atoms with Crippen molar-refractivity contribution in [2.24, 2.45) is 0 Å². The van der Waals surface area contributed by atoms with Crippen molar-refractivity contribution in [1.82, 2.24) is 14.8 Å². The van der Waals surface area contributed by atoms with Crippen LogP contribution in [0.4, 0.5) is 0 Å². The van der Waals surface area contributed by atoms with E-state index in [4.69, 9.17) is 0 Å². The number of aromatic hydroxyl groups is 1. The number of phenolic OH excluding ortho intramolecular Hbond substituents is 1. The molecule has 0 spiro atoms. The van der Waals surface area contributed by atoms with E-state index in [1.807, 2.05) is 12.1 Å². The van der Waals surface area contributed by atoms with E-state index >= 15 is 0 Å². The minimum Gasteiger partial charge on any atom is -0.508 e. The Labute approximate surface area is 111 Å². The van der Waals surface area contributed by atoms with Crippen LogP contribution in [0.2, 0.25) is 0 Å². The highest BCUT2D eigenvalue weighted by atomic mass is 16.3. The zero-order chi connectivity index (χ0) is 13.2. The number of nitrogens with zero attached hydrogens (tertiary/aromatic N) is 3. The molecule has 0 fully saturated rings. The summed E-state index contributed by atoms with van der Waals surface area (Å²) in [5.74, 6) is 2.11. The van der Waals surface area contributed by atoms with Gasteiger partial charge in [0.1, 0.15) is 17.4 Å². The smallest absolute Gasteiger partial charge is 0.138 e. The molecule has 3 rings (SSSR count). The molecule has 100 valence electrons. The van der Waals surface area contributed by atoms with Crippen LogP contribution in [0.5, 0.6) is 5.75 Å². The Morgan fingerprint density at radius 3 is 2.89 bits per heavy atom. The van der Waals surface area contributed by atoms with Crippen LogP contribution in [0.3, 0.4) is 0 Å². The first-order valence-electron chi connectivity index (χ1n) is 6.59. The number of para-hydroxylation sites is 1. The van der Waals surface area contributed by atoms with Crippen LogP contribution in [0.1, 0.15) is 36.0 Å². The van der Waals surface area contributed by atoms with Crippen LogP contribution >= 0.6 is 0 Å². The molecular formula is C14H17N3O2. The van der Waals surface area contributed by atoms with Gasteiger partial charge in [-0.1, -0.05) is 18.2 Å². The molecule has 2 heterocycles. The Kier molecular flexibility index (Phi) is 3.21. The molecule has 0 saturated carbocycles. The van der Waals surface area contributed by atoms with E-state index in [2.05, 4.69) is 14.8 Å². The Bertz CT molecular complexity index is 580. The number of hydrogen-bond acceptors (Lipinski definition) is 4. The molecule has 1 unspecified atom stereocenters. The molecule has 2 N–H and O–H groups in total. The molecule has 0 saturated heterocycles. The van der Waals surface area contributed by atoms with Crippen molar-refractivity contribution in [2.75, 3.05) is 6.61 Å². The number of aliphatic hydroxyl groups excluding tert-OH is 1.